The average Bonchev–Trinajstić information content (AvgIpc) is 2.27. The van der Waals surface area contributed by atoms with Crippen molar-refractivity contribution in [3.63, 3.8) is 0 Å². The molecule has 0 aliphatic heterocycles. The van der Waals surface area contributed by atoms with Gasteiger partial charge in [-0.1, -0.05) is 12.2 Å². The second-order valence-corrected chi connectivity index (χ2v) is 4.12. The number of rotatable bonds is 3. The first-order valence-electron chi connectivity index (χ1n) is 5.59. The maximum Gasteiger partial charge on any atom is 0.126 e. The molecule has 16 heavy (non-hydrogen) atoms. The fourth-order valence-electron chi connectivity index (χ4n) is 1.94. The normalized spacial score (nSPS) is 20.0. The highest BCUT2D eigenvalue weighted by Crippen LogP contribution is 2.12. The van der Waals surface area contributed by atoms with Crippen LogP contribution in [0.3, 0.4) is 0 Å². The molecule has 1 atom stereocenters. The Morgan fingerprint density at radius 1 is 1.19 bits per heavy atom. The summed E-state index contributed by atoms with van der Waals surface area (Å²) >= 11 is 0. The van der Waals surface area contributed by atoms with Gasteiger partial charge in [-0.25, -0.2) is 8.78 Å². The Morgan fingerprint density at radius 2 is 1.94 bits per heavy atom. The Labute approximate surface area is 94.2 Å². The summed E-state index contributed by atoms with van der Waals surface area (Å²) < 4.78 is 25.8. The smallest absolute Gasteiger partial charge is 0.126 e. The van der Waals surface area contributed by atoms with Crippen molar-refractivity contribution in [2.45, 2.75) is 31.8 Å². The lowest BCUT2D eigenvalue weighted by molar-refractivity contribution is 0.517. The van der Waals surface area contributed by atoms with Gasteiger partial charge in [0.25, 0.3) is 0 Å². The lowest BCUT2D eigenvalue weighted by atomic mass is 10.0. The Bertz CT molecular complexity index is 367. The van der Waals surface area contributed by atoms with E-state index in [1.807, 2.05) is 0 Å². The van der Waals surface area contributed by atoms with Crippen LogP contribution in [0.2, 0.25) is 0 Å². The van der Waals surface area contributed by atoms with Crippen LogP contribution in [0.1, 0.15) is 24.8 Å². The van der Waals surface area contributed by atoms with E-state index in [4.69, 9.17) is 0 Å². The second-order valence-electron chi connectivity index (χ2n) is 4.12. The Balaban J connectivity index is 1.93. The van der Waals surface area contributed by atoms with Crippen molar-refractivity contribution in [2.75, 3.05) is 0 Å². The molecule has 1 aliphatic carbocycles. The van der Waals surface area contributed by atoms with Crippen LogP contribution in [0.25, 0.3) is 0 Å². The lowest BCUT2D eigenvalue weighted by Crippen LogP contribution is -2.27. The topological polar surface area (TPSA) is 12.0 Å². The monoisotopic (exact) mass is 223 g/mol. The summed E-state index contributed by atoms with van der Waals surface area (Å²) in [7, 11) is 0. The SMILES string of the molecule is Fc1cc(F)cc(CNC2C=CCCC2)c1. The minimum absolute atomic E-state index is 0.333. The van der Waals surface area contributed by atoms with E-state index in [9.17, 15) is 8.78 Å². The largest absolute Gasteiger partial charge is 0.306 e. The van der Waals surface area contributed by atoms with Gasteiger partial charge in [0.2, 0.25) is 0 Å². The molecule has 0 heterocycles. The summed E-state index contributed by atoms with van der Waals surface area (Å²) in [4.78, 5) is 0. The number of benzene rings is 1. The molecule has 0 aromatic heterocycles. The van der Waals surface area contributed by atoms with E-state index in [0.717, 1.165) is 18.9 Å². The van der Waals surface area contributed by atoms with E-state index in [2.05, 4.69) is 17.5 Å². The van der Waals surface area contributed by atoms with Crippen molar-refractivity contribution >= 4 is 0 Å². The summed E-state index contributed by atoms with van der Waals surface area (Å²) in [6, 6.07) is 3.95. The van der Waals surface area contributed by atoms with Gasteiger partial charge in [0.05, 0.1) is 0 Å². The lowest BCUT2D eigenvalue weighted by Gasteiger charge is -2.17. The molecule has 2 rings (SSSR count). The minimum atomic E-state index is -0.518. The van der Waals surface area contributed by atoms with Crippen molar-refractivity contribution in [1.29, 1.82) is 0 Å². The van der Waals surface area contributed by atoms with E-state index in [1.54, 1.807) is 0 Å². The molecule has 1 N–H and O–H groups in total. The molecular formula is C13H15F2N. The molecule has 86 valence electrons. The maximum atomic E-state index is 12.9. The number of hydrogen-bond acceptors (Lipinski definition) is 1. The van der Waals surface area contributed by atoms with Crippen molar-refractivity contribution in [3.05, 3.63) is 47.5 Å². The zero-order valence-corrected chi connectivity index (χ0v) is 9.05. The highest BCUT2D eigenvalue weighted by molar-refractivity contribution is 5.18. The molecule has 1 aromatic carbocycles. The van der Waals surface area contributed by atoms with E-state index < -0.39 is 11.6 Å². The molecule has 0 fully saturated rings. The molecule has 0 saturated heterocycles. The zero-order valence-electron chi connectivity index (χ0n) is 9.05. The standard InChI is InChI=1S/C13H15F2N/c14-11-6-10(7-12(15)8-11)9-16-13-4-2-1-3-5-13/h2,4,6-8,13,16H,1,3,5,9H2. The quantitative estimate of drug-likeness (QED) is 0.776. The molecule has 1 nitrogen and oxygen atoms in total. The van der Waals surface area contributed by atoms with Gasteiger partial charge in [0.1, 0.15) is 11.6 Å². The highest BCUT2D eigenvalue weighted by Gasteiger charge is 2.08. The van der Waals surface area contributed by atoms with Crippen LogP contribution >= 0.6 is 0 Å². The third-order valence-corrected chi connectivity index (χ3v) is 2.75. The average molecular weight is 223 g/mol. The second kappa shape index (κ2) is 5.21. The van der Waals surface area contributed by atoms with Crippen LogP contribution in [0.15, 0.2) is 30.4 Å². The third-order valence-electron chi connectivity index (χ3n) is 2.75. The number of allylic oxidation sites excluding steroid dienone is 1. The molecule has 0 spiro atoms. The van der Waals surface area contributed by atoms with Gasteiger partial charge < -0.3 is 5.32 Å². The molecular weight excluding hydrogens is 208 g/mol. The van der Waals surface area contributed by atoms with Crippen molar-refractivity contribution in [1.82, 2.24) is 5.32 Å². The van der Waals surface area contributed by atoms with Gasteiger partial charge in [0.15, 0.2) is 0 Å². The molecule has 0 amide bonds. The fourth-order valence-corrected chi connectivity index (χ4v) is 1.94. The summed E-state index contributed by atoms with van der Waals surface area (Å²) in [5, 5.41) is 3.27. The van der Waals surface area contributed by atoms with Crippen LogP contribution in [0, 0.1) is 11.6 Å². The summed E-state index contributed by atoms with van der Waals surface area (Å²) in [5.74, 6) is -1.04. The van der Waals surface area contributed by atoms with E-state index in [-0.39, 0.29) is 0 Å². The van der Waals surface area contributed by atoms with Gasteiger partial charge in [-0.3, -0.25) is 0 Å². The van der Waals surface area contributed by atoms with Crippen molar-refractivity contribution in [3.8, 4) is 0 Å². The summed E-state index contributed by atoms with van der Waals surface area (Å²) in [6.07, 6.45) is 7.67. The molecule has 0 radical (unpaired) electrons. The minimum Gasteiger partial charge on any atom is -0.306 e. The first-order valence-corrected chi connectivity index (χ1v) is 5.59. The molecule has 3 heteroatoms. The number of nitrogens with one attached hydrogen (secondary N) is 1. The Kier molecular flexibility index (Phi) is 3.67. The maximum absolute atomic E-state index is 12.9. The van der Waals surface area contributed by atoms with Crippen LogP contribution in [0.5, 0.6) is 0 Å². The Hall–Kier alpha value is -1.22. The van der Waals surface area contributed by atoms with Gasteiger partial charge >= 0.3 is 0 Å². The molecule has 0 saturated carbocycles. The predicted molar refractivity (Wildman–Crippen MR) is 60.0 cm³/mol. The molecule has 1 unspecified atom stereocenters. The molecule has 1 aromatic rings. The first-order chi connectivity index (χ1) is 7.74. The summed E-state index contributed by atoms with van der Waals surface area (Å²) in [6.45, 7) is 0.504. The Morgan fingerprint density at radius 3 is 2.56 bits per heavy atom. The van der Waals surface area contributed by atoms with Gasteiger partial charge in [-0.2, -0.15) is 0 Å². The van der Waals surface area contributed by atoms with Gasteiger partial charge in [0, 0.05) is 18.7 Å². The fraction of sp³-hybridized carbons (Fsp3) is 0.385. The first kappa shape index (κ1) is 11.3. The number of hydrogen-bond donors (Lipinski definition) is 1. The highest BCUT2D eigenvalue weighted by atomic mass is 19.1. The van der Waals surface area contributed by atoms with Crippen molar-refractivity contribution < 1.29 is 8.78 Å². The van der Waals surface area contributed by atoms with Crippen LogP contribution in [0.4, 0.5) is 8.78 Å². The third kappa shape index (κ3) is 3.14. The van der Waals surface area contributed by atoms with Gasteiger partial charge in [-0.15, -0.1) is 0 Å². The zero-order chi connectivity index (χ0) is 11.4. The molecule has 1 aliphatic rings. The van der Waals surface area contributed by atoms with E-state index in [0.29, 0.717) is 18.2 Å². The van der Waals surface area contributed by atoms with Crippen molar-refractivity contribution in [2.24, 2.45) is 0 Å². The van der Waals surface area contributed by atoms with E-state index >= 15 is 0 Å². The van der Waals surface area contributed by atoms with Crippen LogP contribution in [-0.4, -0.2) is 6.04 Å². The van der Waals surface area contributed by atoms with E-state index in [1.165, 1.54) is 18.6 Å². The predicted octanol–water partition coefficient (Wildman–Crippen LogP) is 3.16. The van der Waals surface area contributed by atoms with Gasteiger partial charge in [-0.05, 0) is 37.0 Å². The number of halogens is 2. The van der Waals surface area contributed by atoms with Crippen LogP contribution in [-0.2, 0) is 6.54 Å². The summed E-state index contributed by atoms with van der Waals surface area (Å²) in [5.41, 5.74) is 0.650. The molecule has 0 bridgehead atoms. The van der Waals surface area contributed by atoms with Crippen LogP contribution < -0.4 is 5.32 Å².